The Morgan fingerprint density at radius 2 is 1.87 bits per heavy atom. The average molecular weight is 336 g/mol. The summed E-state index contributed by atoms with van der Waals surface area (Å²) in [5.41, 5.74) is 0.0889. The second-order valence-electron chi connectivity index (χ2n) is 5.48. The Labute approximate surface area is 129 Å². The highest BCUT2D eigenvalue weighted by Crippen LogP contribution is 2.45. The first kappa shape index (κ1) is 16.3. The Bertz CT molecular complexity index is 579. The highest BCUT2D eigenvalue weighted by Gasteiger charge is 2.47. The summed E-state index contributed by atoms with van der Waals surface area (Å²) >= 11 is 0. The Morgan fingerprint density at radius 3 is 2.52 bits per heavy atom. The molecule has 2 aliphatic heterocycles. The van der Waals surface area contributed by atoms with Gasteiger partial charge in [0.05, 0.1) is 0 Å². The van der Waals surface area contributed by atoms with Crippen molar-refractivity contribution in [3.63, 3.8) is 0 Å². The second-order valence-corrected chi connectivity index (χ2v) is 5.48. The molecule has 1 aromatic carbocycles. The minimum atomic E-state index is -3.80. The van der Waals surface area contributed by atoms with Crippen LogP contribution in [0.4, 0.5) is 17.6 Å². The molecule has 1 atom stereocenters. The molecule has 0 bridgehead atoms. The number of fused-ring (bicyclic) bond motifs is 1. The van der Waals surface area contributed by atoms with E-state index >= 15 is 0 Å². The standard InChI is InChI=1S/C14H16F4N2O3/c15-13(16,8-21)12(20-5-3-19-4-6-20)9-1-2-10-11(7-9)23-14(17,18)22-10/h1-2,7,12,19,21H,3-6,8H2/t12-/m0/s1. The van der Waals surface area contributed by atoms with Crippen LogP contribution in [0.2, 0.25) is 0 Å². The van der Waals surface area contributed by atoms with Crippen molar-refractivity contribution in [1.29, 1.82) is 0 Å². The maximum absolute atomic E-state index is 14.3. The van der Waals surface area contributed by atoms with Crippen LogP contribution in [0.5, 0.6) is 11.5 Å². The van der Waals surface area contributed by atoms with Crippen molar-refractivity contribution in [2.45, 2.75) is 18.3 Å². The van der Waals surface area contributed by atoms with Gasteiger partial charge >= 0.3 is 6.29 Å². The number of rotatable bonds is 4. The third kappa shape index (κ3) is 3.22. The zero-order chi connectivity index (χ0) is 16.7. The molecule has 2 N–H and O–H groups in total. The first-order chi connectivity index (χ1) is 10.8. The smallest absolute Gasteiger partial charge is 0.395 e. The molecular weight excluding hydrogens is 320 g/mol. The van der Waals surface area contributed by atoms with Gasteiger partial charge in [0.1, 0.15) is 12.6 Å². The molecule has 2 aliphatic rings. The zero-order valence-corrected chi connectivity index (χ0v) is 12.1. The van der Waals surface area contributed by atoms with Gasteiger partial charge in [0.2, 0.25) is 0 Å². The number of halogens is 4. The van der Waals surface area contributed by atoms with Crippen LogP contribution in [-0.2, 0) is 0 Å². The molecular formula is C14H16F4N2O3. The molecule has 23 heavy (non-hydrogen) atoms. The van der Waals surface area contributed by atoms with Gasteiger partial charge in [-0.15, -0.1) is 8.78 Å². The largest absolute Gasteiger partial charge is 0.586 e. The Kier molecular flexibility index (Phi) is 4.11. The van der Waals surface area contributed by atoms with Crippen LogP contribution < -0.4 is 14.8 Å². The van der Waals surface area contributed by atoms with Crippen LogP contribution in [0.3, 0.4) is 0 Å². The maximum Gasteiger partial charge on any atom is 0.586 e. The number of hydrogen-bond donors (Lipinski definition) is 2. The Morgan fingerprint density at radius 1 is 1.22 bits per heavy atom. The van der Waals surface area contributed by atoms with E-state index in [0.29, 0.717) is 26.2 Å². The van der Waals surface area contributed by atoms with E-state index in [4.69, 9.17) is 5.11 Å². The fraction of sp³-hybridized carbons (Fsp3) is 0.571. The molecule has 1 saturated heterocycles. The van der Waals surface area contributed by atoms with E-state index in [1.807, 2.05) is 0 Å². The molecule has 9 heteroatoms. The van der Waals surface area contributed by atoms with E-state index in [2.05, 4.69) is 14.8 Å². The van der Waals surface area contributed by atoms with Gasteiger partial charge in [-0.05, 0) is 17.7 Å². The quantitative estimate of drug-likeness (QED) is 0.818. The van der Waals surface area contributed by atoms with Crippen molar-refractivity contribution in [2.75, 3.05) is 32.8 Å². The third-order valence-electron chi connectivity index (χ3n) is 3.87. The van der Waals surface area contributed by atoms with Crippen molar-refractivity contribution in [3.8, 4) is 11.5 Å². The highest BCUT2D eigenvalue weighted by atomic mass is 19.3. The molecule has 0 unspecified atom stereocenters. The van der Waals surface area contributed by atoms with Crippen molar-refractivity contribution in [3.05, 3.63) is 23.8 Å². The van der Waals surface area contributed by atoms with Gasteiger partial charge in [-0.1, -0.05) is 6.07 Å². The highest BCUT2D eigenvalue weighted by molar-refractivity contribution is 5.46. The molecule has 0 aliphatic carbocycles. The summed E-state index contributed by atoms with van der Waals surface area (Å²) in [6, 6.07) is 2.15. The lowest BCUT2D eigenvalue weighted by molar-refractivity contribution is -0.286. The fourth-order valence-corrected chi connectivity index (χ4v) is 2.88. The summed E-state index contributed by atoms with van der Waals surface area (Å²) in [6.45, 7) is 0.420. The topological polar surface area (TPSA) is 54.0 Å². The fourth-order valence-electron chi connectivity index (χ4n) is 2.88. The van der Waals surface area contributed by atoms with E-state index in [1.54, 1.807) is 0 Å². The summed E-state index contributed by atoms with van der Waals surface area (Å²) in [5.74, 6) is -3.92. The number of alkyl halides is 4. The molecule has 3 rings (SSSR count). The number of nitrogens with zero attached hydrogens (tertiary/aromatic N) is 1. The van der Waals surface area contributed by atoms with E-state index in [9.17, 15) is 17.6 Å². The molecule has 0 amide bonds. The molecule has 0 aromatic heterocycles. The normalized spacial score (nSPS) is 22.1. The predicted octanol–water partition coefficient (Wildman–Crippen LogP) is 1.58. The van der Waals surface area contributed by atoms with Gasteiger partial charge in [-0.25, -0.2) is 8.78 Å². The lowest BCUT2D eigenvalue weighted by Crippen LogP contribution is -2.51. The Hall–Kier alpha value is -1.58. The minimum Gasteiger partial charge on any atom is -0.395 e. The van der Waals surface area contributed by atoms with Gasteiger partial charge < -0.3 is 19.9 Å². The Balaban J connectivity index is 1.94. The summed E-state index contributed by atoms with van der Waals surface area (Å²) in [5, 5.41) is 12.1. The van der Waals surface area contributed by atoms with Gasteiger partial charge in [0.15, 0.2) is 11.5 Å². The number of nitrogens with one attached hydrogen (secondary N) is 1. The molecule has 1 aromatic rings. The second kappa shape index (κ2) is 5.81. The summed E-state index contributed by atoms with van der Waals surface area (Å²) in [4.78, 5) is 1.52. The summed E-state index contributed by atoms with van der Waals surface area (Å²) in [7, 11) is 0. The van der Waals surface area contributed by atoms with Crippen LogP contribution in [0, 0.1) is 0 Å². The third-order valence-corrected chi connectivity index (χ3v) is 3.87. The van der Waals surface area contributed by atoms with Gasteiger partial charge in [0, 0.05) is 26.2 Å². The van der Waals surface area contributed by atoms with E-state index in [1.165, 1.54) is 17.0 Å². The van der Waals surface area contributed by atoms with Crippen molar-refractivity contribution >= 4 is 0 Å². The van der Waals surface area contributed by atoms with Crippen molar-refractivity contribution < 1.29 is 32.1 Å². The van der Waals surface area contributed by atoms with Crippen molar-refractivity contribution in [2.24, 2.45) is 0 Å². The first-order valence-corrected chi connectivity index (χ1v) is 7.16. The molecule has 5 nitrogen and oxygen atoms in total. The zero-order valence-electron chi connectivity index (χ0n) is 12.1. The van der Waals surface area contributed by atoms with Gasteiger partial charge in [-0.3, -0.25) is 4.90 Å². The summed E-state index contributed by atoms with van der Waals surface area (Å²) < 4.78 is 63.3. The number of benzene rings is 1. The number of piperazine rings is 1. The van der Waals surface area contributed by atoms with Crippen LogP contribution in [0.25, 0.3) is 0 Å². The van der Waals surface area contributed by atoms with Crippen molar-refractivity contribution in [1.82, 2.24) is 10.2 Å². The van der Waals surface area contributed by atoms with Gasteiger partial charge in [-0.2, -0.15) is 0 Å². The number of hydrogen-bond acceptors (Lipinski definition) is 5. The molecule has 128 valence electrons. The monoisotopic (exact) mass is 336 g/mol. The van der Waals surface area contributed by atoms with Gasteiger partial charge in [0.25, 0.3) is 5.92 Å². The SMILES string of the molecule is OCC(F)(F)[C@H](c1ccc2c(c1)OC(F)(F)O2)N1CCNCC1. The minimum absolute atomic E-state index is 0.0889. The molecule has 0 radical (unpaired) electrons. The number of aliphatic hydroxyl groups is 1. The predicted molar refractivity (Wildman–Crippen MR) is 71.9 cm³/mol. The number of aliphatic hydroxyl groups excluding tert-OH is 1. The van der Waals surface area contributed by atoms with E-state index in [-0.39, 0.29) is 17.1 Å². The molecule has 1 fully saturated rings. The summed E-state index contributed by atoms with van der Waals surface area (Å²) in [6.07, 6.45) is -3.80. The maximum atomic E-state index is 14.3. The van der Waals surface area contributed by atoms with Crippen LogP contribution in [0.1, 0.15) is 11.6 Å². The molecule has 0 saturated carbocycles. The van der Waals surface area contributed by atoms with Crippen LogP contribution in [0.15, 0.2) is 18.2 Å². The molecule has 2 heterocycles. The van der Waals surface area contributed by atoms with Crippen LogP contribution >= 0.6 is 0 Å². The molecule has 0 spiro atoms. The number of ether oxygens (including phenoxy) is 2. The van der Waals surface area contributed by atoms with Crippen LogP contribution in [-0.4, -0.2) is 55.0 Å². The van der Waals surface area contributed by atoms with E-state index in [0.717, 1.165) is 6.07 Å². The average Bonchev–Trinajstić information content (AvgIpc) is 2.81. The lowest BCUT2D eigenvalue weighted by atomic mass is 9.97. The first-order valence-electron chi connectivity index (χ1n) is 7.16. The lowest BCUT2D eigenvalue weighted by Gasteiger charge is -2.38. The van der Waals surface area contributed by atoms with E-state index < -0.39 is 24.9 Å².